The van der Waals surface area contributed by atoms with E-state index in [0.717, 1.165) is 41.5 Å². The van der Waals surface area contributed by atoms with Crippen LogP contribution in [0, 0.1) is 11.6 Å². The Bertz CT molecular complexity index is 782. The van der Waals surface area contributed by atoms with Crippen LogP contribution in [0.5, 0.6) is 5.75 Å². The molecule has 0 aromatic heterocycles. The summed E-state index contributed by atoms with van der Waals surface area (Å²) in [6.07, 6.45) is 3.51. The molecule has 0 spiro atoms. The molecule has 0 saturated carbocycles. The summed E-state index contributed by atoms with van der Waals surface area (Å²) in [5, 5.41) is 2.83. The van der Waals surface area contributed by atoms with Gasteiger partial charge in [0.25, 0.3) is 0 Å². The van der Waals surface area contributed by atoms with Gasteiger partial charge >= 0.3 is 0 Å². The highest BCUT2D eigenvalue weighted by Gasteiger charge is 2.15. The summed E-state index contributed by atoms with van der Waals surface area (Å²) in [7, 11) is 0. The van der Waals surface area contributed by atoms with E-state index in [9.17, 15) is 13.6 Å². The van der Waals surface area contributed by atoms with Crippen LogP contribution < -0.4 is 10.1 Å². The van der Waals surface area contributed by atoms with Crippen LogP contribution in [-0.2, 0) is 11.2 Å². The number of carbonyl (C=O) groups is 1. The Morgan fingerprint density at radius 1 is 1.21 bits per heavy atom. The minimum atomic E-state index is -0.677. The quantitative estimate of drug-likeness (QED) is 0.867. The van der Waals surface area contributed by atoms with Gasteiger partial charge in [-0.2, -0.15) is 0 Å². The number of ether oxygens (including phenoxy) is 1. The van der Waals surface area contributed by atoms with Crippen LogP contribution in [0.15, 0.2) is 42.5 Å². The van der Waals surface area contributed by atoms with Gasteiger partial charge in [0.05, 0.1) is 12.6 Å². The smallest absolute Gasteiger partial charge is 0.244 e. The lowest BCUT2D eigenvalue weighted by Crippen LogP contribution is -2.24. The zero-order valence-corrected chi connectivity index (χ0v) is 13.2. The summed E-state index contributed by atoms with van der Waals surface area (Å²) in [5.41, 5.74) is 2.42. The third-order valence-electron chi connectivity index (χ3n) is 3.88. The summed E-state index contributed by atoms with van der Waals surface area (Å²) >= 11 is 0. The second-order valence-corrected chi connectivity index (χ2v) is 5.73. The molecule has 0 aliphatic carbocycles. The first kappa shape index (κ1) is 16.2. The van der Waals surface area contributed by atoms with E-state index in [1.807, 2.05) is 25.1 Å². The fourth-order valence-corrected chi connectivity index (χ4v) is 2.66. The summed E-state index contributed by atoms with van der Waals surface area (Å²) in [6, 6.07) is 8.79. The Balaban J connectivity index is 1.64. The SMILES string of the molecule is CC(NC(=O)/C=C/c1cc(F)cc(F)c1)c1ccc2c(c1)CCO2. The third-order valence-corrected chi connectivity index (χ3v) is 3.88. The van der Waals surface area contributed by atoms with Crippen LogP contribution in [-0.4, -0.2) is 12.5 Å². The molecule has 1 atom stereocenters. The van der Waals surface area contributed by atoms with Crippen molar-refractivity contribution in [1.82, 2.24) is 5.32 Å². The van der Waals surface area contributed by atoms with Gasteiger partial charge in [0.15, 0.2) is 0 Å². The molecule has 1 unspecified atom stereocenters. The number of nitrogens with one attached hydrogen (secondary N) is 1. The molecule has 24 heavy (non-hydrogen) atoms. The number of halogens is 2. The molecule has 5 heteroatoms. The molecule has 2 aromatic carbocycles. The molecular formula is C19H17F2NO2. The Morgan fingerprint density at radius 3 is 2.71 bits per heavy atom. The zero-order valence-electron chi connectivity index (χ0n) is 13.2. The second kappa shape index (κ2) is 6.83. The number of carbonyl (C=O) groups excluding carboxylic acids is 1. The first-order valence-corrected chi connectivity index (χ1v) is 7.71. The van der Waals surface area contributed by atoms with Gasteiger partial charge in [0.1, 0.15) is 17.4 Å². The third kappa shape index (κ3) is 3.79. The molecule has 0 radical (unpaired) electrons. The summed E-state index contributed by atoms with van der Waals surface area (Å²) in [6.45, 7) is 2.57. The van der Waals surface area contributed by atoms with Crippen molar-refractivity contribution in [2.75, 3.05) is 6.61 Å². The zero-order chi connectivity index (χ0) is 17.1. The molecule has 1 heterocycles. The fourth-order valence-electron chi connectivity index (χ4n) is 2.66. The van der Waals surface area contributed by atoms with Gasteiger partial charge in [-0.3, -0.25) is 4.79 Å². The van der Waals surface area contributed by atoms with E-state index in [4.69, 9.17) is 4.74 Å². The van der Waals surface area contributed by atoms with Gasteiger partial charge in [-0.25, -0.2) is 8.78 Å². The molecule has 1 amide bonds. The highest BCUT2D eigenvalue weighted by Crippen LogP contribution is 2.28. The standard InChI is InChI=1S/C19H17F2NO2/c1-12(14-3-4-18-15(10-14)6-7-24-18)22-19(23)5-2-13-8-16(20)11-17(21)9-13/h2-5,8-12H,6-7H2,1H3,(H,22,23)/b5-2+. The maximum absolute atomic E-state index is 13.1. The van der Waals surface area contributed by atoms with Crippen LogP contribution >= 0.6 is 0 Å². The topological polar surface area (TPSA) is 38.3 Å². The first-order chi connectivity index (χ1) is 11.5. The van der Waals surface area contributed by atoms with Crippen molar-refractivity contribution in [2.24, 2.45) is 0 Å². The average molecular weight is 329 g/mol. The Kier molecular flexibility index (Phi) is 4.60. The fraction of sp³-hybridized carbons (Fsp3) is 0.211. The number of benzene rings is 2. The first-order valence-electron chi connectivity index (χ1n) is 7.71. The summed E-state index contributed by atoms with van der Waals surface area (Å²) in [5.74, 6) is -0.790. The summed E-state index contributed by atoms with van der Waals surface area (Å²) < 4.78 is 31.7. The Morgan fingerprint density at radius 2 is 1.96 bits per heavy atom. The van der Waals surface area contributed by atoms with E-state index in [-0.39, 0.29) is 11.9 Å². The summed E-state index contributed by atoms with van der Waals surface area (Å²) in [4.78, 5) is 12.0. The predicted octanol–water partition coefficient (Wildman–Crippen LogP) is 3.79. The van der Waals surface area contributed by atoms with Crippen molar-refractivity contribution in [3.8, 4) is 5.75 Å². The van der Waals surface area contributed by atoms with Crippen LogP contribution in [0.3, 0.4) is 0 Å². The maximum Gasteiger partial charge on any atom is 0.244 e. The molecule has 2 aromatic rings. The molecule has 1 aliphatic heterocycles. The van der Waals surface area contributed by atoms with Crippen LogP contribution in [0.1, 0.15) is 29.7 Å². The van der Waals surface area contributed by atoms with E-state index >= 15 is 0 Å². The normalized spacial score (nSPS) is 14.3. The van der Waals surface area contributed by atoms with E-state index < -0.39 is 11.6 Å². The van der Waals surface area contributed by atoms with Gasteiger partial charge < -0.3 is 10.1 Å². The minimum Gasteiger partial charge on any atom is -0.493 e. The van der Waals surface area contributed by atoms with Gasteiger partial charge in [-0.15, -0.1) is 0 Å². The molecule has 3 rings (SSSR count). The molecule has 0 fully saturated rings. The number of fused-ring (bicyclic) bond motifs is 1. The lowest BCUT2D eigenvalue weighted by Gasteiger charge is -2.14. The van der Waals surface area contributed by atoms with Crippen molar-refractivity contribution in [3.63, 3.8) is 0 Å². The molecular weight excluding hydrogens is 312 g/mol. The predicted molar refractivity (Wildman–Crippen MR) is 87.6 cm³/mol. The highest BCUT2D eigenvalue weighted by atomic mass is 19.1. The van der Waals surface area contributed by atoms with Crippen molar-refractivity contribution >= 4 is 12.0 Å². The maximum atomic E-state index is 13.1. The number of hydrogen-bond donors (Lipinski definition) is 1. The van der Waals surface area contributed by atoms with Crippen molar-refractivity contribution in [3.05, 3.63) is 70.8 Å². The van der Waals surface area contributed by atoms with Crippen LogP contribution in [0.4, 0.5) is 8.78 Å². The van der Waals surface area contributed by atoms with Gasteiger partial charge in [0, 0.05) is 18.6 Å². The van der Waals surface area contributed by atoms with Gasteiger partial charge in [0.2, 0.25) is 5.91 Å². The molecule has 1 aliphatic rings. The lowest BCUT2D eigenvalue weighted by molar-refractivity contribution is -0.117. The van der Waals surface area contributed by atoms with Crippen LogP contribution in [0.25, 0.3) is 6.08 Å². The average Bonchev–Trinajstić information content (AvgIpc) is 2.99. The molecule has 124 valence electrons. The van der Waals surface area contributed by atoms with E-state index in [0.29, 0.717) is 12.2 Å². The molecule has 1 N–H and O–H groups in total. The van der Waals surface area contributed by atoms with Crippen LogP contribution in [0.2, 0.25) is 0 Å². The highest BCUT2D eigenvalue weighted by molar-refractivity contribution is 5.91. The molecule has 0 saturated heterocycles. The molecule has 3 nitrogen and oxygen atoms in total. The largest absolute Gasteiger partial charge is 0.493 e. The van der Waals surface area contributed by atoms with Crippen molar-refractivity contribution in [2.45, 2.75) is 19.4 Å². The number of rotatable bonds is 4. The minimum absolute atomic E-state index is 0.183. The van der Waals surface area contributed by atoms with E-state index in [1.165, 1.54) is 12.2 Å². The lowest BCUT2D eigenvalue weighted by atomic mass is 10.0. The van der Waals surface area contributed by atoms with E-state index in [2.05, 4.69) is 5.32 Å². The van der Waals surface area contributed by atoms with Crippen molar-refractivity contribution in [1.29, 1.82) is 0 Å². The monoisotopic (exact) mass is 329 g/mol. The Labute approximate surface area is 139 Å². The van der Waals surface area contributed by atoms with Crippen molar-refractivity contribution < 1.29 is 18.3 Å². The molecule has 0 bridgehead atoms. The van der Waals surface area contributed by atoms with Gasteiger partial charge in [-0.05, 0) is 54.0 Å². The second-order valence-electron chi connectivity index (χ2n) is 5.73. The van der Waals surface area contributed by atoms with Gasteiger partial charge in [-0.1, -0.05) is 6.07 Å². The van der Waals surface area contributed by atoms with E-state index in [1.54, 1.807) is 0 Å². The number of amides is 1. The number of hydrogen-bond acceptors (Lipinski definition) is 2. The Hall–Kier alpha value is -2.69.